The first-order valence-electron chi connectivity index (χ1n) is 5.23. The van der Waals surface area contributed by atoms with Crippen molar-refractivity contribution >= 4 is 13.5 Å². The van der Waals surface area contributed by atoms with Crippen molar-refractivity contribution in [3.8, 4) is 0 Å². The summed E-state index contributed by atoms with van der Waals surface area (Å²) in [5.41, 5.74) is 0.146. The van der Waals surface area contributed by atoms with E-state index in [1.165, 1.54) is 11.8 Å². The van der Waals surface area contributed by atoms with Crippen molar-refractivity contribution in [1.29, 1.82) is 0 Å². The molecule has 0 rings (SSSR count). The van der Waals surface area contributed by atoms with E-state index in [9.17, 15) is 9.36 Å². The number of hydrogen-bond donors (Lipinski definition) is 0. The molecule has 0 spiro atoms. The SMILES string of the molecule is C=CCN(C)P(=O)(CC(=C)C(=O)OCC)OC. The number of carbonyl (C=O) groups is 1. The standard InChI is InChI=1S/C11H20NO4P/c1-6-8-12(4)17(14,15-5)9-10(3)11(13)16-7-2/h6H,1,3,7-9H2,2,4-5H3. The Labute approximate surface area is 103 Å². The summed E-state index contributed by atoms with van der Waals surface area (Å²) in [6, 6.07) is 0. The van der Waals surface area contributed by atoms with Gasteiger partial charge >= 0.3 is 5.97 Å². The lowest BCUT2D eigenvalue weighted by molar-refractivity contribution is -0.138. The van der Waals surface area contributed by atoms with E-state index in [0.29, 0.717) is 6.54 Å². The number of likely N-dealkylation sites (N-methyl/N-ethyl adjacent to an activating group) is 1. The Bertz CT molecular complexity index is 340. The molecule has 0 aromatic carbocycles. The monoisotopic (exact) mass is 261 g/mol. The van der Waals surface area contributed by atoms with Crippen LogP contribution >= 0.6 is 7.52 Å². The smallest absolute Gasteiger partial charge is 0.334 e. The summed E-state index contributed by atoms with van der Waals surface area (Å²) in [7, 11) is -0.0905. The van der Waals surface area contributed by atoms with E-state index >= 15 is 0 Å². The predicted octanol–water partition coefficient (Wildman–Crippen LogP) is 2.06. The first-order valence-corrected chi connectivity index (χ1v) is 6.99. The van der Waals surface area contributed by atoms with Gasteiger partial charge in [0.1, 0.15) is 0 Å². The first-order chi connectivity index (χ1) is 7.91. The Balaban J connectivity index is 4.68. The third kappa shape index (κ3) is 4.86. The maximum atomic E-state index is 12.4. The van der Waals surface area contributed by atoms with Crippen LogP contribution in [0.15, 0.2) is 24.8 Å². The predicted molar refractivity (Wildman–Crippen MR) is 68.1 cm³/mol. The zero-order valence-electron chi connectivity index (χ0n) is 10.6. The van der Waals surface area contributed by atoms with E-state index in [-0.39, 0.29) is 18.3 Å². The molecule has 0 aliphatic heterocycles. The van der Waals surface area contributed by atoms with E-state index in [2.05, 4.69) is 13.2 Å². The Morgan fingerprint density at radius 3 is 2.53 bits per heavy atom. The zero-order valence-corrected chi connectivity index (χ0v) is 11.5. The molecular formula is C11H20NO4P. The molecule has 1 atom stereocenters. The molecule has 0 radical (unpaired) electrons. The molecule has 0 aromatic heterocycles. The Kier molecular flexibility index (Phi) is 7.04. The van der Waals surface area contributed by atoms with Crippen LogP contribution in [0.4, 0.5) is 0 Å². The third-order valence-electron chi connectivity index (χ3n) is 2.15. The fourth-order valence-electron chi connectivity index (χ4n) is 1.17. The van der Waals surface area contributed by atoms with Gasteiger partial charge in [-0.05, 0) is 14.0 Å². The average Bonchev–Trinajstić information content (AvgIpc) is 2.29. The van der Waals surface area contributed by atoms with Crippen LogP contribution in [0.5, 0.6) is 0 Å². The molecule has 0 saturated heterocycles. The minimum atomic E-state index is -3.08. The Morgan fingerprint density at radius 1 is 1.53 bits per heavy atom. The largest absolute Gasteiger partial charge is 0.463 e. The van der Waals surface area contributed by atoms with Gasteiger partial charge in [0, 0.05) is 19.2 Å². The van der Waals surface area contributed by atoms with Crippen molar-refractivity contribution in [2.45, 2.75) is 6.92 Å². The van der Waals surface area contributed by atoms with Crippen molar-refractivity contribution in [3.05, 3.63) is 24.8 Å². The molecule has 0 amide bonds. The molecular weight excluding hydrogens is 241 g/mol. The summed E-state index contributed by atoms with van der Waals surface area (Å²) in [5, 5.41) is 0. The summed E-state index contributed by atoms with van der Waals surface area (Å²) < 4.78 is 23.7. The molecule has 0 bridgehead atoms. The number of nitrogens with zero attached hydrogens (tertiary/aromatic N) is 1. The highest BCUT2D eigenvalue weighted by molar-refractivity contribution is 7.56. The van der Waals surface area contributed by atoms with Crippen molar-refractivity contribution < 1.29 is 18.6 Å². The molecule has 17 heavy (non-hydrogen) atoms. The fraction of sp³-hybridized carbons (Fsp3) is 0.545. The summed E-state index contributed by atoms with van der Waals surface area (Å²) in [6.07, 6.45) is 1.56. The van der Waals surface area contributed by atoms with Crippen molar-refractivity contribution in [2.75, 3.05) is 33.5 Å². The summed E-state index contributed by atoms with van der Waals surface area (Å²) in [4.78, 5) is 11.4. The number of carbonyl (C=O) groups excluding carboxylic acids is 1. The van der Waals surface area contributed by atoms with Crippen LogP contribution in [0, 0.1) is 0 Å². The second kappa shape index (κ2) is 7.43. The number of hydrogen-bond acceptors (Lipinski definition) is 4. The van der Waals surface area contributed by atoms with Gasteiger partial charge in [-0.3, -0.25) is 4.57 Å². The van der Waals surface area contributed by atoms with Gasteiger partial charge in [-0.1, -0.05) is 12.7 Å². The van der Waals surface area contributed by atoms with Gasteiger partial charge in [0.15, 0.2) is 0 Å². The van der Waals surface area contributed by atoms with Gasteiger partial charge < -0.3 is 9.26 Å². The molecule has 0 aliphatic carbocycles. The van der Waals surface area contributed by atoms with Crippen LogP contribution in [-0.4, -0.2) is 44.1 Å². The zero-order chi connectivity index (χ0) is 13.5. The topological polar surface area (TPSA) is 55.8 Å². The minimum absolute atomic E-state index is 0.0489. The normalized spacial score (nSPS) is 14.1. The Hall–Kier alpha value is -0.900. The van der Waals surface area contributed by atoms with Gasteiger partial charge in [0.05, 0.1) is 12.8 Å². The fourth-order valence-corrected chi connectivity index (χ4v) is 2.80. The van der Waals surface area contributed by atoms with Gasteiger partial charge in [-0.15, -0.1) is 6.58 Å². The van der Waals surface area contributed by atoms with Crippen LogP contribution in [-0.2, 0) is 18.6 Å². The van der Waals surface area contributed by atoms with Crippen LogP contribution in [0.2, 0.25) is 0 Å². The van der Waals surface area contributed by atoms with Gasteiger partial charge in [-0.25, -0.2) is 9.46 Å². The minimum Gasteiger partial charge on any atom is -0.463 e. The quantitative estimate of drug-likeness (QED) is 0.290. The second-order valence-corrected chi connectivity index (χ2v) is 6.07. The highest BCUT2D eigenvalue weighted by Crippen LogP contribution is 2.50. The van der Waals surface area contributed by atoms with Crippen LogP contribution in [0.3, 0.4) is 0 Å². The van der Waals surface area contributed by atoms with Crippen LogP contribution in [0.25, 0.3) is 0 Å². The average molecular weight is 261 g/mol. The van der Waals surface area contributed by atoms with E-state index in [1.54, 1.807) is 20.0 Å². The highest BCUT2D eigenvalue weighted by Gasteiger charge is 2.30. The molecule has 0 fully saturated rings. The van der Waals surface area contributed by atoms with E-state index in [0.717, 1.165) is 0 Å². The lowest BCUT2D eigenvalue weighted by Gasteiger charge is -2.25. The van der Waals surface area contributed by atoms with Gasteiger partial charge in [0.2, 0.25) is 0 Å². The maximum absolute atomic E-state index is 12.4. The third-order valence-corrected chi connectivity index (χ3v) is 4.71. The van der Waals surface area contributed by atoms with Crippen LogP contribution < -0.4 is 0 Å². The molecule has 0 saturated carbocycles. The van der Waals surface area contributed by atoms with Crippen LogP contribution in [0.1, 0.15) is 6.92 Å². The van der Waals surface area contributed by atoms with Crippen molar-refractivity contribution in [3.63, 3.8) is 0 Å². The summed E-state index contributed by atoms with van der Waals surface area (Å²) in [5.74, 6) is -0.545. The lowest BCUT2D eigenvalue weighted by atomic mass is 10.4. The summed E-state index contributed by atoms with van der Waals surface area (Å²) in [6.45, 7) is 9.49. The molecule has 6 heteroatoms. The molecule has 0 aliphatic rings. The molecule has 98 valence electrons. The van der Waals surface area contributed by atoms with E-state index < -0.39 is 13.5 Å². The van der Waals surface area contributed by atoms with Gasteiger partial charge in [-0.2, -0.15) is 0 Å². The first kappa shape index (κ1) is 16.1. The number of ether oxygens (including phenoxy) is 1. The summed E-state index contributed by atoms with van der Waals surface area (Å²) >= 11 is 0. The molecule has 5 nitrogen and oxygen atoms in total. The number of rotatable bonds is 8. The molecule has 1 unspecified atom stereocenters. The Morgan fingerprint density at radius 2 is 2.12 bits per heavy atom. The van der Waals surface area contributed by atoms with Gasteiger partial charge in [0.25, 0.3) is 7.52 Å². The van der Waals surface area contributed by atoms with E-state index in [1.807, 2.05) is 0 Å². The van der Waals surface area contributed by atoms with Crippen molar-refractivity contribution in [1.82, 2.24) is 4.67 Å². The molecule has 0 N–H and O–H groups in total. The molecule has 0 aromatic rings. The molecule has 0 heterocycles. The highest BCUT2D eigenvalue weighted by atomic mass is 31.2. The number of esters is 1. The lowest BCUT2D eigenvalue weighted by Crippen LogP contribution is -2.21. The van der Waals surface area contributed by atoms with E-state index in [4.69, 9.17) is 9.26 Å². The maximum Gasteiger partial charge on any atom is 0.334 e. The van der Waals surface area contributed by atoms with Crippen molar-refractivity contribution in [2.24, 2.45) is 0 Å². The second-order valence-electron chi connectivity index (χ2n) is 3.43.